The lowest BCUT2D eigenvalue weighted by molar-refractivity contribution is 0.241. The molecule has 1 atom stereocenters. The molecule has 2 N–H and O–H groups in total. The van der Waals surface area contributed by atoms with Crippen LogP contribution in [0.5, 0.6) is 0 Å². The summed E-state index contributed by atoms with van der Waals surface area (Å²) in [5.74, 6) is 0. The molecule has 18 heavy (non-hydrogen) atoms. The number of piperazine rings is 1. The number of aliphatic hydroxyl groups excluding tert-OH is 1. The molecule has 0 aliphatic carbocycles. The van der Waals surface area contributed by atoms with E-state index in [1.54, 1.807) is 0 Å². The Morgan fingerprint density at radius 2 is 2.28 bits per heavy atom. The van der Waals surface area contributed by atoms with Crippen LogP contribution < -0.4 is 10.2 Å². The van der Waals surface area contributed by atoms with Gasteiger partial charge in [-0.25, -0.2) is 0 Å². The Balaban J connectivity index is 2.24. The molecular formula is C14H21ClN2O. The molecule has 1 aromatic rings. The van der Waals surface area contributed by atoms with Crippen molar-refractivity contribution in [2.24, 2.45) is 0 Å². The molecule has 1 aromatic carbocycles. The van der Waals surface area contributed by atoms with Crippen molar-refractivity contribution in [2.45, 2.75) is 31.8 Å². The molecule has 2 rings (SSSR count). The lowest BCUT2D eigenvalue weighted by Gasteiger charge is -2.46. The Kier molecular flexibility index (Phi) is 4.15. The number of benzene rings is 1. The zero-order valence-electron chi connectivity index (χ0n) is 11.0. The molecule has 0 amide bonds. The first kappa shape index (κ1) is 13.7. The number of rotatable bonds is 3. The molecule has 1 aliphatic rings. The summed E-state index contributed by atoms with van der Waals surface area (Å²) in [6.07, 6.45) is 0.773. The van der Waals surface area contributed by atoms with Gasteiger partial charge in [0, 0.05) is 42.0 Å². The number of halogens is 1. The monoisotopic (exact) mass is 268 g/mol. The predicted molar refractivity (Wildman–Crippen MR) is 76.4 cm³/mol. The maximum atomic E-state index is 9.19. The SMILES string of the molecule is CC1(C)CN(c2cccc(Cl)c2)C(CCO)CN1. The minimum absolute atomic E-state index is 0.0777. The summed E-state index contributed by atoms with van der Waals surface area (Å²) in [5.41, 5.74) is 1.21. The zero-order valence-corrected chi connectivity index (χ0v) is 11.7. The molecule has 0 saturated carbocycles. The van der Waals surface area contributed by atoms with Crippen LogP contribution in [0.3, 0.4) is 0 Å². The van der Waals surface area contributed by atoms with Gasteiger partial charge in [0.05, 0.1) is 0 Å². The highest BCUT2D eigenvalue weighted by atomic mass is 35.5. The van der Waals surface area contributed by atoms with Crippen LogP contribution in [0.2, 0.25) is 5.02 Å². The third-order valence-corrected chi connectivity index (χ3v) is 3.66. The number of nitrogens with one attached hydrogen (secondary N) is 1. The van der Waals surface area contributed by atoms with Crippen molar-refractivity contribution in [2.75, 3.05) is 24.6 Å². The first-order chi connectivity index (χ1) is 8.52. The maximum Gasteiger partial charge on any atom is 0.0451 e. The minimum atomic E-state index is 0.0777. The first-order valence-corrected chi connectivity index (χ1v) is 6.78. The average Bonchev–Trinajstić information content (AvgIpc) is 2.31. The fraction of sp³-hybridized carbons (Fsp3) is 0.571. The largest absolute Gasteiger partial charge is 0.396 e. The Morgan fingerprint density at radius 1 is 1.50 bits per heavy atom. The topological polar surface area (TPSA) is 35.5 Å². The Morgan fingerprint density at radius 3 is 2.94 bits per heavy atom. The van der Waals surface area contributed by atoms with E-state index in [1.807, 2.05) is 18.2 Å². The summed E-state index contributed by atoms with van der Waals surface area (Å²) in [4.78, 5) is 2.35. The Bertz CT molecular complexity index is 409. The molecule has 100 valence electrons. The lowest BCUT2D eigenvalue weighted by atomic mass is 9.96. The third kappa shape index (κ3) is 3.16. The van der Waals surface area contributed by atoms with Gasteiger partial charge in [-0.1, -0.05) is 17.7 Å². The van der Waals surface area contributed by atoms with Gasteiger partial charge < -0.3 is 15.3 Å². The van der Waals surface area contributed by atoms with E-state index < -0.39 is 0 Å². The molecule has 0 radical (unpaired) electrons. The van der Waals surface area contributed by atoms with Crippen LogP contribution >= 0.6 is 11.6 Å². The summed E-state index contributed by atoms with van der Waals surface area (Å²) in [6, 6.07) is 8.26. The molecule has 1 aliphatic heterocycles. The van der Waals surface area contributed by atoms with E-state index in [4.69, 9.17) is 11.6 Å². The molecule has 0 aromatic heterocycles. The highest BCUT2D eigenvalue weighted by Gasteiger charge is 2.32. The summed E-state index contributed by atoms with van der Waals surface area (Å²) in [7, 11) is 0. The quantitative estimate of drug-likeness (QED) is 0.883. The van der Waals surface area contributed by atoms with Crippen LogP contribution in [0.4, 0.5) is 5.69 Å². The third-order valence-electron chi connectivity index (χ3n) is 3.42. The molecule has 1 heterocycles. The second kappa shape index (κ2) is 5.47. The standard InChI is InChI=1S/C14H21ClN2O/c1-14(2)10-17(13(6-7-18)9-16-14)12-5-3-4-11(15)8-12/h3-5,8,13,16,18H,6-7,9-10H2,1-2H3. The van der Waals surface area contributed by atoms with Gasteiger partial charge in [0.25, 0.3) is 0 Å². The minimum Gasteiger partial charge on any atom is -0.396 e. The second-order valence-corrected chi connectivity index (χ2v) is 5.98. The molecule has 0 spiro atoms. The fourth-order valence-electron chi connectivity index (χ4n) is 2.48. The van der Waals surface area contributed by atoms with Crippen molar-refractivity contribution in [1.29, 1.82) is 0 Å². The van der Waals surface area contributed by atoms with E-state index in [1.165, 1.54) is 0 Å². The maximum absolute atomic E-state index is 9.19. The number of hydrogen-bond acceptors (Lipinski definition) is 3. The van der Waals surface area contributed by atoms with Crippen LogP contribution in [-0.2, 0) is 0 Å². The average molecular weight is 269 g/mol. The van der Waals surface area contributed by atoms with Gasteiger partial charge in [-0.2, -0.15) is 0 Å². The molecule has 4 heteroatoms. The normalized spacial score (nSPS) is 23.1. The smallest absolute Gasteiger partial charge is 0.0451 e. The van der Waals surface area contributed by atoms with Gasteiger partial charge in [0.15, 0.2) is 0 Å². The van der Waals surface area contributed by atoms with Gasteiger partial charge in [0.2, 0.25) is 0 Å². The van der Waals surface area contributed by atoms with Crippen molar-refractivity contribution >= 4 is 17.3 Å². The zero-order chi connectivity index (χ0) is 13.2. The van der Waals surface area contributed by atoms with E-state index in [9.17, 15) is 5.11 Å². The number of anilines is 1. The molecule has 0 bridgehead atoms. The van der Waals surface area contributed by atoms with E-state index in [2.05, 4.69) is 30.1 Å². The van der Waals surface area contributed by atoms with Crippen molar-refractivity contribution in [3.8, 4) is 0 Å². The molecule has 1 saturated heterocycles. The summed E-state index contributed by atoms with van der Waals surface area (Å²) in [6.45, 7) is 6.40. The molecular weight excluding hydrogens is 248 g/mol. The van der Waals surface area contributed by atoms with Crippen LogP contribution in [0.15, 0.2) is 24.3 Å². The van der Waals surface area contributed by atoms with Gasteiger partial charge in [-0.15, -0.1) is 0 Å². The number of aliphatic hydroxyl groups is 1. The lowest BCUT2D eigenvalue weighted by Crippen LogP contribution is -2.62. The van der Waals surface area contributed by atoms with Gasteiger partial charge in [-0.05, 0) is 38.5 Å². The van der Waals surface area contributed by atoms with E-state index in [0.717, 1.165) is 30.2 Å². The number of hydrogen-bond donors (Lipinski definition) is 2. The van der Waals surface area contributed by atoms with Crippen LogP contribution in [0.25, 0.3) is 0 Å². The van der Waals surface area contributed by atoms with Crippen LogP contribution in [0.1, 0.15) is 20.3 Å². The summed E-state index contributed by atoms with van der Waals surface area (Å²) >= 11 is 6.07. The molecule has 3 nitrogen and oxygen atoms in total. The van der Waals surface area contributed by atoms with E-state index in [-0.39, 0.29) is 12.1 Å². The van der Waals surface area contributed by atoms with E-state index in [0.29, 0.717) is 6.04 Å². The fourth-order valence-corrected chi connectivity index (χ4v) is 2.66. The molecule has 1 fully saturated rings. The van der Waals surface area contributed by atoms with Gasteiger partial charge >= 0.3 is 0 Å². The van der Waals surface area contributed by atoms with Crippen molar-refractivity contribution in [3.05, 3.63) is 29.3 Å². The highest BCUT2D eigenvalue weighted by Crippen LogP contribution is 2.26. The predicted octanol–water partition coefficient (Wildman–Crippen LogP) is 2.28. The van der Waals surface area contributed by atoms with Gasteiger partial charge in [-0.3, -0.25) is 0 Å². The van der Waals surface area contributed by atoms with Crippen LogP contribution in [0, 0.1) is 0 Å². The molecule has 1 unspecified atom stereocenters. The van der Waals surface area contributed by atoms with Crippen molar-refractivity contribution in [3.63, 3.8) is 0 Å². The van der Waals surface area contributed by atoms with Crippen LogP contribution in [-0.4, -0.2) is 36.4 Å². The Labute approximate surface area is 114 Å². The summed E-state index contributed by atoms with van der Waals surface area (Å²) < 4.78 is 0. The first-order valence-electron chi connectivity index (χ1n) is 6.40. The number of nitrogens with zero attached hydrogens (tertiary/aromatic N) is 1. The Hall–Kier alpha value is -0.770. The summed E-state index contributed by atoms with van der Waals surface area (Å²) in [5, 5.41) is 13.5. The van der Waals surface area contributed by atoms with Crippen molar-refractivity contribution < 1.29 is 5.11 Å². The van der Waals surface area contributed by atoms with E-state index >= 15 is 0 Å². The highest BCUT2D eigenvalue weighted by molar-refractivity contribution is 6.30. The van der Waals surface area contributed by atoms with Gasteiger partial charge in [0.1, 0.15) is 0 Å². The second-order valence-electron chi connectivity index (χ2n) is 5.54. The van der Waals surface area contributed by atoms with Crippen molar-refractivity contribution in [1.82, 2.24) is 5.32 Å².